The number of hydrogen-bond donors (Lipinski definition) is 0. The Balaban J connectivity index is 2.55. The summed E-state index contributed by atoms with van der Waals surface area (Å²) in [5.74, 6) is -0.945. The first kappa shape index (κ1) is 17.8. The van der Waals surface area contributed by atoms with Crippen LogP contribution in [0.2, 0.25) is 0 Å². The van der Waals surface area contributed by atoms with Gasteiger partial charge in [0.25, 0.3) is 0 Å². The molecule has 2 aromatic rings. The van der Waals surface area contributed by atoms with Gasteiger partial charge in [-0.1, -0.05) is 18.2 Å². The van der Waals surface area contributed by atoms with Crippen LogP contribution < -0.4 is 0 Å². The highest BCUT2D eigenvalue weighted by atomic mass is 19.4. The number of esters is 1. The van der Waals surface area contributed by atoms with Crippen LogP contribution in [0.25, 0.3) is 11.1 Å². The normalized spacial score (nSPS) is 12.1. The fourth-order valence-electron chi connectivity index (χ4n) is 2.11. The van der Waals surface area contributed by atoms with Gasteiger partial charge in [-0.05, 0) is 35.4 Å². The Hall–Kier alpha value is -2.51. The molecule has 0 aliphatic rings. The van der Waals surface area contributed by atoms with Crippen LogP contribution in [0.15, 0.2) is 42.5 Å². The molecule has 0 heterocycles. The maximum atomic E-state index is 13.2. The molecule has 2 nitrogen and oxygen atoms in total. The van der Waals surface area contributed by atoms with Crippen molar-refractivity contribution in [1.82, 2.24) is 0 Å². The van der Waals surface area contributed by atoms with Crippen LogP contribution in [-0.2, 0) is 17.1 Å². The number of carbonyl (C=O) groups is 1. The molecule has 0 spiro atoms. The molecule has 0 fully saturated rings. The predicted octanol–water partition coefficient (Wildman–Crippen LogP) is 5.18. The zero-order valence-corrected chi connectivity index (χ0v) is 12.1. The second-order valence-electron chi connectivity index (χ2n) is 4.82. The molecular formula is C16H10F6O2. The average Bonchev–Trinajstić information content (AvgIpc) is 2.52. The summed E-state index contributed by atoms with van der Waals surface area (Å²) in [6, 6.07) is 6.05. The first-order chi connectivity index (χ1) is 11.0. The number of benzene rings is 2. The summed E-state index contributed by atoms with van der Waals surface area (Å²) < 4.78 is 81.6. The molecule has 0 saturated heterocycles. The first-order valence-corrected chi connectivity index (χ1v) is 6.51. The second-order valence-corrected chi connectivity index (χ2v) is 4.82. The predicted molar refractivity (Wildman–Crippen MR) is 73.2 cm³/mol. The lowest BCUT2D eigenvalue weighted by atomic mass is 9.96. The highest BCUT2D eigenvalue weighted by Crippen LogP contribution is 2.38. The molecule has 0 aromatic heterocycles. The number of methoxy groups -OCH3 is 1. The van der Waals surface area contributed by atoms with E-state index in [0.717, 1.165) is 31.4 Å². The molecule has 0 radical (unpaired) electrons. The second kappa shape index (κ2) is 6.18. The van der Waals surface area contributed by atoms with E-state index >= 15 is 0 Å². The molecule has 0 unspecified atom stereocenters. The van der Waals surface area contributed by atoms with E-state index in [2.05, 4.69) is 4.74 Å². The van der Waals surface area contributed by atoms with Crippen molar-refractivity contribution in [3.63, 3.8) is 0 Å². The van der Waals surface area contributed by atoms with Crippen LogP contribution >= 0.6 is 0 Å². The summed E-state index contributed by atoms with van der Waals surface area (Å²) >= 11 is 0. The van der Waals surface area contributed by atoms with E-state index in [-0.39, 0.29) is 16.7 Å². The Morgan fingerprint density at radius 1 is 0.875 bits per heavy atom. The minimum atomic E-state index is -4.79. The summed E-state index contributed by atoms with van der Waals surface area (Å²) in [4.78, 5) is 11.4. The summed E-state index contributed by atoms with van der Waals surface area (Å²) in [7, 11) is 1.03. The summed E-state index contributed by atoms with van der Waals surface area (Å²) in [6.45, 7) is 0. The van der Waals surface area contributed by atoms with E-state index < -0.39 is 29.4 Å². The zero-order valence-electron chi connectivity index (χ0n) is 12.1. The molecule has 0 bridgehead atoms. The Morgan fingerprint density at radius 2 is 1.46 bits per heavy atom. The van der Waals surface area contributed by atoms with Gasteiger partial charge in [0.1, 0.15) is 0 Å². The molecule has 0 aliphatic heterocycles. The maximum absolute atomic E-state index is 13.2. The van der Waals surface area contributed by atoms with Crippen molar-refractivity contribution in [2.45, 2.75) is 12.4 Å². The van der Waals surface area contributed by atoms with Gasteiger partial charge >= 0.3 is 18.3 Å². The largest absolute Gasteiger partial charge is 0.465 e. The van der Waals surface area contributed by atoms with Gasteiger partial charge in [-0.15, -0.1) is 0 Å². The molecule has 24 heavy (non-hydrogen) atoms. The van der Waals surface area contributed by atoms with E-state index in [0.29, 0.717) is 18.2 Å². The number of carbonyl (C=O) groups excluding carboxylic acids is 1. The van der Waals surface area contributed by atoms with Gasteiger partial charge in [-0.25, -0.2) is 4.79 Å². The summed E-state index contributed by atoms with van der Waals surface area (Å²) in [5.41, 5.74) is -2.78. The van der Waals surface area contributed by atoms with E-state index in [9.17, 15) is 31.1 Å². The van der Waals surface area contributed by atoms with Crippen LogP contribution in [0.3, 0.4) is 0 Å². The summed E-state index contributed by atoms with van der Waals surface area (Å²) in [5, 5.41) is 0. The molecule has 0 N–H and O–H groups in total. The molecular weight excluding hydrogens is 338 g/mol. The minimum absolute atomic E-state index is 0.0493. The van der Waals surface area contributed by atoms with E-state index in [1.54, 1.807) is 0 Å². The SMILES string of the molecule is COC(=O)c1ccc(-c2ccc(C(F)(F)F)cc2)c(C(F)(F)F)c1. The highest BCUT2D eigenvalue weighted by molar-refractivity contribution is 5.90. The Morgan fingerprint density at radius 3 is 1.92 bits per heavy atom. The van der Waals surface area contributed by atoms with E-state index in [4.69, 9.17) is 0 Å². The molecule has 2 rings (SSSR count). The topological polar surface area (TPSA) is 26.3 Å². The molecule has 0 amide bonds. The van der Waals surface area contributed by atoms with E-state index in [1.165, 1.54) is 0 Å². The van der Waals surface area contributed by atoms with Gasteiger partial charge in [-0.2, -0.15) is 26.3 Å². The fraction of sp³-hybridized carbons (Fsp3) is 0.188. The monoisotopic (exact) mass is 348 g/mol. The van der Waals surface area contributed by atoms with Crippen molar-refractivity contribution >= 4 is 5.97 Å². The number of ether oxygens (including phenoxy) is 1. The van der Waals surface area contributed by atoms with Crippen LogP contribution in [0.4, 0.5) is 26.3 Å². The van der Waals surface area contributed by atoms with Crippen molar-refractivity contribution in [2.24, 2.45) is 0 Å². The quantitative estimate of drug-likeness (QED) is 0.552. The molecule has 0 atom stereocenters. The lowest BCUT2D eigenvalue weighted by Crippen LogP contribution is -2.10. The Kier molecular flexibility index (Phi) is 4.59. The molecule has 0 aliphatic carbocycles. The molecule has 2 aromatic carbocycles. The molecule has 8 heteroatoms. The molecule has 128 valence electrons. The summed E-state index contributed by atoms with van der Waals surface area (Å²) in [6.07, 6.45) is -9.37. The number of alkyl halides is 6. The Labute approximate surface area is 132 Å². The number of rotatable bonds is 2. The average molecular weight is 348 g/mol. The van der Waals surface area contributed by atoms with Crippen molar-refractivity contribution in [1.29, 1.82) is 0 Å². The highest BCUT2D eigenvalue weighted by Gasteiger charge is 2.35. The first-order valence-electron chi connectivity index (χ1n) is 6.51. The fourth-order valence-corrected chi connectivity index (χ4v) is 2.11. The van der Waals surface area contributed by atoms with Gasteiger partial charge in [0, 0.05) is 0 Å². The van der Waals surface area contributed by atoms with Crippen LogP contribution in [-0.4, -0.2) is 13.1 Å². The van der Waals surface area contributed by atoms with Gasteiger partial charge in [0.15, 0.2) is 0 Å². The lowest BCUT2D eigenvalue weighted by molar-refractivity contribution is -0.138. The smallest absolute Gasteiger partial charge is 0.417 e. The maximum Gasteiger partial charge on any atom is 0.417 e. The zero-order chi connectivity index (χ0) is 18.1. The van der Waals surface area contributed by atoms with Crippen molar-refractivity contribution in [3.05, 3.63) is 59.2 Å². The van der Waals surface area contributed by atoms with E-state index in [1.807, 2.05) is 0 Å². The van der Waals surface area contributed by atoms with Gasteiger partial charge in [-0.3, -0.25) is 0 Å². The van der Waals surface area contributed by atoms with Gasteiger partial charge in [0.05, 0.1) is 23.8 Å². The van der Waals surface area contributed by atoms with Crippen molar-refractivity contribution < 1.29 is 35.9 Å². The van der Waals surface area contributed by atoms with Gasteiger partial charge in [0.2, 0.25) is 0 Å². The standard InChI is InChI=1S/C16H10F6O2/c1-24-14(23)10-4-7-12(13(8-10)16(20,21)22)9-2-5-11(6-3-9)15(17,18)19/h2-8H,1H3. The third kappa shape index (κ3) is 3.69. The lowest BCUT2D eigenvalue weighted by Gasteiger charge is -2.15. The number of hydrogen-bond acceptors (Lipinski definition) is 2. The van der Waals surface area contributed by atoms with Gasteiger partial charge < -0.3 is 4.74 Å². The van der Waals surface area contributed by atoms with Crippen LogP contribution in [0.5, 0.6) is 0 Å². The third-order valence-electron chi connectivity index (χ3n) is 3.27. The molecule has 0 saturated carbocycles. The van der Waals surface area contributed by atoms with Crippen molar-refractivity contribution in [2.75, 3.05) is 7.11 Å². The van der Waals surface area contributed by atoms with Crippen molar-refractivity contribution in [3.8, 4) is 11.1 Å². The third-order valence-corrected chi connectivity index (χ3v) is 3.27. The van der Waals surface area contributed by atoms with Crippen LogP contribution in [0.1, 0.15) is 21.5 Å². The minimum Gasteiger partial charge on any atom is -0.465 e. The number of halogens is 6. The van der Waals surface area contributed by atoms with Crippen LogP contribution in [0, 0.1) is 0 Å². The Bertz CT molecular complexity index is 745.